The molecular formula is C19H22ClN3O2. The Morgan fingerprint density at radius 1 is 1.24 bits per heavy atom. The number of nitrogens with zero attached hydrogens (tertiary/aromatic N) is 2. The van der Waals surface area contributed by atoms with Gasteiger partial charge in [-0.3, -0.25) is 4.79 Å². The lowest BCUT2D eigenvalue weighted by Crippen LogP contribution is -2.48. The highest BCUT2D eigenvalue weighted by Gasteiger charge is 2.18. The van der Waals surface area contributed by atoms with E-state index in [4.69, 9.17) is 21.8 Å². The van der Waals surface area contributed by atoms with Crippen LogP contribution in [0.25, 0.3) is 17.4 Å². The number of nitrogen functional groups attached to an aromatic ring is 1. The Balaban J connectivity index is 1.65. The van der Waals surface area contributed by atoms with E-state index in [1.807, 2.05) is 23.1 Å². The highest BCUT2D eigenvalue weighted by atomic mass is 35.5. The topological polar surface area (TPSA) is 62.7 Å². The quantitative estimate of drug-likeness (QED) is 0.671. The number of nitrogens with two attached hydrogens (primary N) is 1. The molecule has 1 aliphatic rings. The van der Waals surface area contributed by atoms with Gasteiger partial charge in [0, 0.05) is 43.5 Å². The number of benzene rings is 1. The Morgan fingerprint density at radius 3 is 2.68 bits per heavy atom. The summed E-state index contributed by atoms with van der Waals surface area (Å²) in [5, 5.41) is 0.537. The third-order valence-electron chi connectivity index (χ3n) is 4.41. The molecule has 0 bridgehead atoms. The minimum atomic E-state index is 0.0132. The van der Waals surface area contributed by atoms with Gasteiger partial charge in [0.15, 0.2) is 0 Å². The van der Waals surface area contributed by atoms with Crippen molar-refractivity contribution in [3.05, 3.63) is 47.2 Å². The molecule has 6 heteroatoms. The number of hydrogen-bond acceptors (Lipinski definition) is 4. The van der Waals surface area contributed by atoms with Crippen LogP contribution in [0.4, 0.5) is 5.69 Å². The Morgan fingerprint density at radius 2 is 2.00 bits per heavy atom. The maximum atomic E-state index is 12.3. The van der Waals surface area contributed by atoms with E-state index in [1.54, 1.807) is 24.3 Å². The van der Waals surface area contributed by atoms with Gasteiger partial charge in [0.05, 0.1) is 5.02 Å². The summed E-state index contributed by atoms with van der Waals surface area (Å²) < 4.78 is 5.77. The predicted molar refractivity (Wildman–Crippen MR) is 101 cm³/mol. The zero-order chi connectivity index (χ0) is 17.8. The highest BCUT2D eigenvalue weighted by molar-refractivity contribution is 6.33. The fourth-order valence-electron chi connectivity index (χ4n) is 2.86. The first-order valence-corrected chi connectivity index (χ1v) is 8.79. The molecule has 0 spiro atoms. The van der Waals surface area contributed by atoms with Crippen molar-refractivity contribution in [2.24, 2.45) is 0 Å². The lowest BCUT2D eigenvalue weighted by molar-refractivity contribution is -0.127. The van der Waals surface area contributed by atoms with Crippen LogP contribution in [0.1, 0.15) is 12.7 Å². The second-order valence-electron chi connectivity index (χ2n) is 6.03. The maximum Gasteiger partial charge on any atom is 0.246 e. The number of carbonyl (C=O) groups is 1. The van der Waals surface area contributed by atoms with E-state index in [9.17, 15) is 4.79 Å². The molecule has 0 aliphatic carbocycles. The Hall–Kier alpha value is -2.24. The van der Waals surface area contributed by atoms with Crippen molar-refractivity contribution in [1.29, 1.82) is 0 Å². The second kappa shape index (κ2) is 7.76. The number of piperazine rings is 1. The summed E-state index contributed by atoms with van der Waals surface area (Å²) in [6.07, 6.45) is 3.26. The molecule has 3 rings (SSSR count). The largest absolute Gasteiger partial charge is 0.457 e. The lowest BCUT2D eigenvalue weighted by atomic mass is 10.1. The molecule has 0 unspecified atom stereocenters. The average molecular weight is 360 g/mol. The van der Waals surface area contributed by atoms with Gasteiger partial charge in [-0.25, -0.2) is 0 Å². The van der Waals surface area contributed by atoms with Gasteiger partial charge in [0.1, 0.15) is 11.5 Å². The zero-order valence-electron chi connectivity index (χ0n) is 14.2. The van der Waals surface area contributed by atoms with E-state index in [0.29, 0.717) is 22.2 Å². The maximum absolute atomic E-state index is 12.3. The standard InChI is InChI=1S/C19H22ClN3O2/c1-2-22-9-11-23(12-10-22)19(24)8-5-15-4-7-18(25-15)16-6-3-14(21)13-17(16)20/h3-8,13H,2,9-12,21H2,1H3/b8-5+. The molecule has 1 aromatic carbocycles. The van der Waals surface area contributed by atoms with Crippen molar-refractivity contribution in [3.8, 4) is 11.3 Å². The zero-order valence-corrected chi connectivity index (χ0v) is 15.0. The van der Waals surface area contributed by atoms with Gasteiger partial charge >= 0.3 is 0 Å². The van der Waals surface area contributed by atoms with Gasteiger partial charge in [-0.05, 0) is 43.0 Å². The van der Waals surface area contributed by atoms with Gasteiger partial charge in [-0.1, -0.05) is 18.5 Å². The highest BCUT2D eigenvalue weighted by Crippen LogP contribution is 2.31. The predicted octanol–water partition coefficient (Wildman–Crippen LogP) is 3.36. The first-order valence-electron chi connectivity index (χ1n) is 8.41. The number of halogens is 1. The summed E-state index contributed by atoms with van der Waals surface area (Å²) in [7, 11) is 0. The Labute approximate surface area is 152 Å². The van der Waals surface area contributed by atoms with Crippen LogP contribution < -0.4 is 5.73 Å². The van der Waals surface area contributed by atoms with Crippen molar-refractivity contribution >= 4 is 29.3 Å². The molecule has 2 aromatic rings. The number of furan rings is 1. The molecule has 5 nitrogen and oxygen atoms in total. The van der Waals surface area contributed by atoms with Crippen molar-refractivity contribution in [3.63, 3.8) is 0 Å². The van der Waals surface area contributed by atoms with Gasteiger partial charge in [0.2, 0.25) is 5.91 Å². The minimum absolute atomic E-state index is 0.0132. The molecule has 0 saturated carbocycles. The van der Waals surface area contributed by atoms with E-state index >= 15 is 0 Å². The van der Waals surface area contributed by atoms with Crippen LogP contribution in [0.2, 0.25) is 5.02 Å². The number of hydrogen-bond donors (Lipinski definition) is 1. The fraction of sp³-hybridized carbons (Fsp3) is 0.316. The monoisotopic (exact) mass is 359 g/mol. The molecule has 1 amide bonds. The van der Waals surface area contributed by atoms with E-state index < -0.39 is 0 Å². The number of anilines is 1. The molecule has 1 aliphatic heterocycles. The summed E-state index contributed by atoms with van der Waals surface area (Å²) in [4.78, 5) is 16.5. The van der Waals surface area contributed by atoms with Crippen LogP contribution in [-0.2, 0) is 4.79 Å². The SMILES string of the molecule is CCN1CCN(C(=O)/C=C/c2ccc(-c3ccc(N)cc3Cl)o2)CC1. The molecule has 1 saturated heterocycles. The molecule has 0 atom stereocenters. The summed E-state index contributed by atoms with van der Waals surface area (Å²) in [5.41, 5.74) is 7.09. The van der Waals surface area contributed by atoms with Crippen LogP contribution in [-0.4, -0.2) is 48.4 Å². The third kappa shape index (κ3) is 4.24. The fourth-order valence-corrected chi connectivity index (χ4v) is 3.14. The molecule has 25 heavy (non-hydrogen) atoms. The van der Waals surface area contributed by atoms with Crippen LogP contribution in [0.5, 0.6) is 0 Å². The minimum Gasteiger partial charge on any atom is -0.457 e. The molecule has 1 fully saturated rings. The van der Waals surface area contributed by atoms with Gasteiger partial charge in [0.25, 0.3) is 0 Å². The van der Waals surface area contributed by atoms with Gasteiger partial charge < -0.3 is 20.0 Å². The molecule has 132 valence electrons. The number of rotatable bonds is 4. The third-order valence-corrected chi connectivity index (χ3v) is 4.72. The van der Waals surface area contributed by atoms with E-state index in [1.165, 1.54) is 0 Å². The molecular weight excluding hydrogens is 338 g/mol. The summed E-state index contributed by atoms with van der Waals surface area (Å²) in [6, 6.07) is 8.94. The van der Waals surface area contributed by atoms with Crippen LogP contribution in [0.15, 0.2) is 40.8 Å². The van der Waals surface area contributed by atoms with Gasteiger partial charge in [-0.2, -0.15) is 0 Å². The molecule has 1 aromatic heterocycles. The van der Waals surface area contributed by atoms with Gasteiger partial charge in [-0.15, -0.1) is 0 Å². The Kier molecular flexibility index (Phi) is 5.46. The van der Waals surface area contributed by atoms with E-state index in [-0.39, 0.29) is 5.91 Å². The van der Waals surface area contributed by atoms with E-state index in [2.05, 4.69) is 11.8 Å². The van der Waals surface area contributed by atoms with Crippen molar-refractivity contribution < 1.29 is 9.21 Å². The van der Waals surface area contributed by atoms with Crippen molar-refractivity contribution in [2.75, 3.05) is 38.5 Å². The number of amides is 1. The summed E-state index contributed by atoms with van der Waals surface area (Å²) in [5.74, 6) is 1.27. The van der Waals surface area contributed by atoms with Crippen LogP contribution in [0.3, 0.4) is 0 Å². The molecule has 2 heterocycles. The summed E-state index contributed by atoms with van der Waals surface area (Å²) in [6.45, 7) is 6.55. The molecule has 0 radical (unpaired) electrons. The first kappa shape index (κ1) is 17.6. The van der Waals surface area contributed by atoms with Crippen molar-refractivity contribution in [1.82, 2.24) is 9.80 Å². The normalized spacial score (nSPS) is 15.8. The molecule has 2 N–H and O–H groups in total. The lowest BCUT2D eigenvalue weighted by Gasteiger charge is -2.33. The Bertz CT molecular complexity index is 777. The smallest absolute Gasteiger partial charge is 0.246 e. The number of likely N-dealkylation sites (N-methyl/N-ethyl adjacent to an activating group) is 1. The average Bonchev–Trinajstić information content (AvgIpc) is 3.08. The van der Waals surface area contributed by atoms with Crippen LogP contribution in [0, 0.1) is 0 Å². The first-order chi connectivity index (χ1) is 12.1. The number of carbonyl (C=O) groups excluding carboxylic acids is 1. The second-order valence-corrected chi connectivity index (χ2v) is 6.44. The van der Waals surface area contributed by atoms with E-state index in [0.717, 1.165) is 38.3 Å². The summed E-state index contributed by atoms with van der Waals surface area (Å²) >= 11 is 6.20. The van der Waals surface area contributed by atoms with Crippen molar-refractivity contribution in [2.45, 2.75) is 6.92 Å². The van der Waals surface area contributed by atoms with Crippen LogP contribution >= 0.6 is 11.6 Å².